The molecule has 2 rings (SSSR count). The quantitative estimate of drug-likeness (QED) is 0.137. The Morgan fingerprint density at radius 3 is 2.41 bits per heavy atom. The Morgan fingerprint density at radius 1 is 1.04 bits per heavy atom. The van der Waals surface area contributed by atoms with Gasteiger partial charge in [-0.3, -0.25) is 4.79 Å². The van der Waals surface area contributed by atoms with E-state index in [0.717, 1.165) is 32.2 Å². The first-order valence-corrected chi connectivity index (χ1v) is 11.5. The summed E-state index contributed by atoms with van der Waals surface area (Å²) in [5, 5.41) is 3.13. The van der Waals surface area contributed by atoms with Gasteiger partial charge in [0.25, 0.3) is 0 Å². The van der Waals surface area contributed by atoms with Crippen molar-refractivity contribution in [3.63, 3.8) is 0 Å². The molecule has 0 aliphatic heterocycles. The maximum Gasteiger partial charge on any atom is 0.197 e. The molecule has 2 aromatic rings. The molecule has 1 aromatic heterocycles. The summed E-state index contributed by atoms with van der Waals surface area (Å²) in [5.41, 5.74) is 0.933. The molecular weight excluding hydrogens is 469 g/mol. The van der Waals surface area contributed by atoms with E-state index >= 15 is 0 Å². The monoisotopic (exact) mass is 497 g/mol. The first kappa shape index (κ1) is 22.0. The molecule has 0 bridgehead atoms. The SMILES string of the molecule is CCCCCCCCCOc1ccc(N/C=C\C(=O)c2ccc(I)s2)cc1. The molecule has 27 heavy (non-hydrogen) atoms. The van der Waals surface area contributed by atoms with Crippen LogP contribution in [0.1, 0.15) is 61.5 Å². The number of halogens is 1. The largest absolute Gasteiger partial charge is 0.494 e. The van der Waals surface area contributed by atoms with Gasteiger partial charge in [0.05, 0.1) is 14.4 Å². The minimum Gasteiger partial charge on any atom is -0.494 e. The van der Waals surface area contributed by atoms with Gasteiger partial charge in [-0.25, -0.2) is 0 Å². The maximum absolute atomic E-state index is 12.0. The van der Waals surface area contributed by atoms with E-state index in [1.165, 1.54) is 49.9 Å². The van der Waals surface area contributed by atoms with Crippen molar-refractivity contribution in [3.05, 3.63) is 56.4 Å². The highest BCUT2D eigenvalue weighted by Gasteiger charge is 2.04. The fourth-order valence-corrected chi connectivity index (χ4v) is 4.18. The Morgan fingerprint density at radius 2 is 1.74 bits per heavy atom. The Kier molecular flexibility index (Phi) is 10.5. The van der Waals surface area contributed by atoms with E-state index in [0.29, 0.717) is 0 Å². The van der Waals surface area contributed by atoms with Crippen LogP contribution in [-0.2, 0) is 0 Å². The highest BCUT2D eigenvalue weighted by molar-refractivity contribution is 14.1. The summed E-state index contributed by atoms with van der Waals surface area (Å²) < 4.78 is 6.91. The van der Waals surface area contributed by atoms with Gasteiger partial charge >= 0.3 is 0 Å². The van der Waals surface area contributed by atoms with Gasteiger partial charge in [-0.1, -0.05) is 45.4 Å². The van der Waals surface area contributed by atoms with Gasteiger partial charge in [0, 0.05) is 18.0 Å². The second-order valence-electron chi connectivity index (χ2n) is 6.44. The number of benzene rings is 1. The zero-order valence-corrected chi connectivity index (χ0v) is 18.9. The van der Waals surface area contributed by atoms with Crippen molar-refractivity contribution < 1.29 is 9.53 Å². The van der Waals surface area contributed by atoms with Crippen LogP contribution in [-0.4, -0.2) is 12.4 Å². The van der Waals surface area contributed by atoms with Crippen molar-refractivity contribution in [2.75, 3.05) is 11.9 Å². The molecule has 0 fully saturated rings. The number of rotatable bonds is 13. The fourth-order valence-electron chi connectivity index (χ4n) is 2.64. The molecule has 5 heteroatoms. The zero-order chi connectivity index (χ0) is 19.3. The number of ether oxygens (including phenoxy) is 1. The van der Waals surface area contributed by atoms with Gasteiger partial charge < -0.3 is 10.1 Å². The highest BCUT2D eigenvalue weighted by Crippen LogP contribution is 2.19. The molecule has 0 spiro atoms. The molecule has 0 radical (unpaired) electrons. The number of unbranched alkanes of at least 4 members (excludes halogenated alkanes) is 6. The van der Waals surface area contributed by atoms with E-state index in [1.807, 2.05) is 36.4 Å². The van der Waals surface area contributed by atoms with Crippen molar-refractivity contribution >= 4 is 45.4 Å². The third kappa shape index (κ3) is 8.93. The van der Waals surface area contributed by atoms with Gasteiger partial charge in [0.15, 0.2) is 5.78 Å². The molecule has 1 heterocycles. The van der Waals surface area contributed by atoms with Gasteiger partial charge in [-0.15, -0.1) is 11.3 Å². The maximum atomic E-state index is 12.0. The van der Waals surface area contributed by atoms with Crippen molar-refractivity contribution in [2.24, 2.45) is 0 Å². The molecule has 0 saturated heterocycles. The molecule has 0 amide bonds. The molecule has 1 N–H and O–H groups in total. The molecule has 146 valence electrons. The predicted octanol–water partition coefficient (Wildman–Crippen LogP) is 7.29. The second-order valence-corrected chi connectivity index (χ2v) is 9.42. The van der Waals surface area contributed by atoms with Gasteiger partial charge in [-0.05, 0) is 65.4 Å². The third-order valence-corrected chi connectivity index (χ3v) is 6.08. The second kappa shape index (κ2) is 12.9. The van der Waals surface area contributed by atoms with Crippen LogP contribution in [0.2, 0.25) is 0 Å². The topological polar surface area (TPSA) is 38.3 Å². The number of thiophene rings is 1. The van der Waals surface area contributed by atoms with Crippen LogP contribution >= 0.6 is 33.9 Å². The number of carbonyl (C=O) groups is 1. The number of hydrogen-bond donors (Lipinski definition) is 1. The van der Waals surface area contributed by atoms with Crippen LogP contribution in [0.5, 0.6) is 5.75 Å². The number of ketones is 1. The number of nitrogens with one attached hydrogen (secondary N) is 1. The zero-order valence-electron chi connectivity index (χ0n) is 15.9. The molecule has 1 aromatic carbocycles. The van der Waals surface area contributed by atoms with Crippen LogP contribution in [0.25, 0.3) is 0 Å². The highest BCUT2D eigenvalue weighted by atomic mass is 127. The summed E-state index contributed by atoms with van der Waals surface area (Å²) >= 11 is 3.72. The van der Waals surface area contributed by atoms with E-state index in [-0.39, 0.29) is 5.78 Å². The van der Waals surface area contributed by atoms with E-state index < -0.39 is 0 Å². The molecule has 0 aliphatic carbocycles. The summed E-state index contributed by atoms with van der Waals surface area (Å²) in [6, 6.07) is 11.6. The van der Waals surface area contributed by atoms with Crippen molar-refractivity contribution in [1.82, 2.24) is 0 Å². The molecule has 0 aliphatic rings. The lowest BCUT2D eigenvalue weighted by Crippen LogP contribution is -1.97. The first-order chi connectivity index (χ1) is 13.2. The standard InChI is InChI=1S/C22H28INO2S/c1-2-3-4-5-6-7-8-17-26-19-11-9-18(10-12-19)24-16-15-20(25)21-13-14-22(23)27-21/h9-16,24H,2-8,17H2,1H3/b16-15-. The van der Waals surface area contributed by atoms with E-state index in [9.17, 15) is 4.79 Å². The Hall–Kier alpha value is -1.34. The van der Waals surface area contributed by atoms with Crippen LogP contribution in [0, 0.1) is 2.88 Å². The van der Waals surface area contributed by atoms with E-state index in [1.54, 1.807) is 12.3 Å². The van der Waals surface area contributed by atoms with Crippen LogP contribution in [0.4, 0.5) is 5.69 Å². The minimum absolute atomic E-state index is 0.0186. The lowest BCUT2D eigenvalue weighted by atomic mass is 10.1. The summed E-state index contributed by atoms with van der Waals surface area (Å²) in [7, 11) is 0. The van der Waals surface area contributed by atoms with Crippen LogP contribution in [0.3, 0.4) is 0 Å². The average Bonchev–Trinajstić information content (AvgIpc) is 3.11. The lowest BCUT2D eigenvalue weighted by molar-refractivity contribution is 0.105. The minimum atomic E-state index is 0.0186. The van der Waals surface area contributed by atoms with Crippen LogP contribution < -0.4 is 10.1 Å². The van der Waals surface area contributed by atoms with Gasteiger partial charge in [-0.2, -0.15) is 0 Å². The number of hydrogen-bond acceptors (Lipinski definition) is 4. The third-order valence-electron chi connectivity index (χ3n) is 4.17. The van der Waals surface area contributed by atoms with Crippen molar-refractivity contribution in [2.45, 2.75) is 51.9 Å². The number of carbonyl (C=O) groups excluding carboxylic acids is 1. The van der Waals surface area contributed by atoms with Gasteiger partial charge in [0.2, 0.25) is 0 Å². The van der Waals surface area contributed by atoms with Crippen LogP contribution in [0.15, 0.2) is 48.7 Å². The normalized spacial score (nSPS) is 11.0. The predicted molar refractivity (Wildman–Crippen MR) is 124 cm³/mol. The fraction of sp³-hybridized carbons (Fsp3) is 0.409. The Bertz CT molecular complexity index is 709. The molecular formula is C22H28INO2S. The first-order valence-electron chi connectivity index (χ1n) is 9.64. The lowest BCUT2D eigenvalue weighted by Gasteiger charge is -2.07. The molecule has 3 nitrogen and oxygen atoms in total. The average molecular weight is 497 g/mol. The number of allylic oxidation sites excluding steroid dienone is 1. The smallest absolute Gasteiger partial charge is 0.197 e. The Labute approximate surface area is 180 Å². The summed E-state index contributed by atoms with van der Waals surface area (Å²) in [6.07, 6.45) is 12.3. The summed E-state index contributed by atoms with van der Waals surface area (Å²) in [6.45, 7) is 3.02. The van der Waals surface area contributed by atoms with Crippen molar-refractivity contribution in [1.29, 1.82) is 0 Å². The van der Waals surface area contributed by atoms with E-state index in [4.69, 9.17) is 4.74 Å². The molecule has 0 saturated carbocycles. The van der Waals surface area contributed by atoms with E-state index in [2.05, 4.69) is 34.8 Å². The summed E-state index contributed by atoms with van der Waals surface area (Å²) in [5.74, 6) is 0.907. The van der Waals surface area contributed by atoms with Gasteiger partial charge in [0.1, 0.15) is 5.75 Å². The number of anilines is 1. The summed E-state index contributed by atoms with van der Waals surface area (Å²) in [4.78, 5) is 12.8. The Balaban J connectivity index is 1.63. The van der Waals surface area contributed by atoms with Crippen molar-refractivity contribution in [3.8, 4) is 5.75 Å². The molecule has 0 atom stereocenters. The molecule has 0 unspecified atom stereocenters.